The number of nitrogens with zero attached hydrogens (tertiary/aromatic N) is 1. The summed E-state index contributed by atoms with van der Waals surface area (Å²) < 4.78 is 0. The average Bonchev–Trinajstić information content (AvgIpc) is 2.40. The minimum absolute atomic E-state index is 0. The van der Waals surface area contributed by atoms with Crippen molar-refractivity contribution in [3.8, 4) is 0 Å². The van der Waals surface area contributed by atoms with Gasteiger partial charge >= 0.3 is 0 Å². The lowest BCUT2D eigenvalue weighted by Gasteiger charge is -2.32. The number of piperidine rings is 1. The van der Waals surface area contributed by atoms with Gasteiger partial charge < -0.3 is 10.0 Å². The fraction of sp³-hybridized carbons (Fsp3) is 1.00. The van der Waals surface area contributed by atoms with Crippen LogP contribution < -0.4 is 0 Å². The molecule has 0 saturated carbocycles. The van der Waals surface area contributed by atoms with Crippen molar-refractivity contribution in [2.45, 2.75) is 71.1 Å². The Morgan fingerprint density at radius 3 is 2.26 bits per heavy atom. The molecule has 1 aliphatic rings. The Balaban J connectivity index is 0.00000324. The van der Waals surface area contributed by atoms with Gasteiger partial charge in [0.1, 0.15) is 0 Å². The van der Waals surface area contributed by atoms with Crippen molar-refractivity contribution < 1.29 is 5.11 Å². The molecule has 0 aromatic heterocycles. The van der Waals surface area contributed by atoms with E-state index < -0.39 is 0 Å². The molecule has 0 atom stereocenters. The van der Waals surface area contributed by atoms with Crippen molar-refractivity contribution in [2.75, 3.05) is 26.2 Å². The van der Waals surface area contributed by atoms with Gasteiger partial charge in [-0.2, -0.15) is 0 Å². The molecule has 0 aliphatic carbocycles. The lowest BCUT2D eigenvalue weighted by atomic mass is 9.91. The van der Waals surface area contributed by atoms with E-state index in [4.69, 9.17) is 5.11 Å². The number of likely N-dealkylation sites (tertiary alicyclic amines) is 1. The molecule has 0 unspecified atom stereocenters. The third-order valence-corrected chi connectivity index (χ3v) is 4.31. The van der Waals surface area contributed by atoms with Crippen molar-refractivity contribution in [1.82, 2.24) is 4.90 Å². The number of hydrogen-bond acceptors (Lipinski definition) is 2. The molecule has 3 heteroatoms. The van der Waals surface area contributed by atoms with Gasteiger partial charge in [0.15, 0.2) is 0 Å². The molecule has 0 aromatic rings. The third-order valence-electron chi connectivity index (χ3n) is 4.31. The Morgan fingerprint density at radius 2 is 1.63 bits per heavy atom. The lowest BCUT2D eigenvalue weighted by Crippen LogP contribution is -2.34. The smallest absolute Gasteiger partial charge is 0.0431 e. The van der Waals surface area contributed by atoms with E-state index in [1.54, 1.807) is 0 Å². The summed E-state index contributed by atoms with van der Waals surface area (Å²) in [6, 6.07) is 0. The van der Waals surface area contributed by atoms with Crippen LogP contribution in [-0.4, -0.2) is 36.2 Å². The predicted molar refractivity (Wildman–Crippen MR) is 86.1 cm³/mol. The SMILES string of the molecule is CCCCCC1CCN(CCCCCCO)CC1.Cl. The van der Waals surface area contributed by atoms with Gasteiger partial charge in [-0.25, -0.2) is 0 Å². The fourth-order valence-electron chi connectivity index (χ4n) is 2.98. The maximum absolute atomic E-state index is 8.72. The second-order valence-corrected chi connectivity index (χ2v) is 5.92. The zero-order chi connectivity index (χ0) is 13.1. The first-order valence-electron chi connectivity index (χ1n) is 8.20. The van der Waals surface area contributed by atoms with Crippen molar-refractivity contribution in [1.29, 1.82) is 0 Å². The van der Waals surface area contributed by atoms with Crippen molar-refractivity contribution in [3.63, 3.8) is 0 Å². The summed E-state index contributed by atoms with van der Waals surface area (Å²) in [7, 11) is 0. The molecule has 0 spiro atoms. The molecular formula is C16H34ClNO. The molecule has 0 bridgehead atoms. The van der Waals surface area contributed by atoms with Crippen LogP contribution in [0.5, 0.6) is 0 Å². The molecule has 0 amide bonds. The molecule has 2 nitrogen and oxygen atoms in total. The highest BCUT2D eigenvalue weighted by atomic mass is 35.5. The van der Waals surface area contributed by atoms with Gasteiger partial charge in [0.2, 0.25) is 0 Å². The summed E-state index contributed by atoms with van der Waals surface area (Å²) in [6.07, 6.45) is 13.3. The van der Waals surface area contributed by atoms with Gasteiger partial charge in [-0.3, -0.25) is 0 Å². The number of aliphatic hydroxyl groups is 1. The average molecular weight is 292 g/mol. The van der Waals surface area contributed by atoms with Gasteiger partial charge in [-0.05, 0) is 51.2 Å². The number of rotatable bonds is 10. The molecule has 1 rings (SSSR count). The summed E-state index contributed by atoms with van der Waals surface area (Å²) in [4.78, 5) is 2.65. The Labute approximate surface area is 126 Å². The fourth-order valence-corrected chi connectivity index (χ4v) is 2.98. The summed E-state index contributed by atoms with van der Waals surface area (Å²) in [5.74, 6) is 1.02. The predicted octanol–water partition coefficient (Wildman–Crippen LogP) is 4.25. The standard InChI is InChI=1S/C16H33NO.ClH/c1-2-3-6-9-16-10-13-17(14-11-16)12-7-4-5-8-15-18;/h16,18H,2-15H2,1H3;1H. The first-order chi connectivity index (χ1) is 8.86. The Bertz CT molecular complexity index is 182. The van der Waals surface area contributed by atoms with Crippen molar-refractivity contribution in [3.05, 3.63) is 0 Å². The molecule has 0 radical (unpaired) electrons. The maximum atomic E-state index is 8.72. The first kappa shape index (κ1) is 19.2. The highest BCUT2D eigenvalue weighted by Crippen LogP contribution is 2.23. The molecule has 1 heterocycles. The topological polar surface area (TPSA) is 23.5 Å². The highest BCUT2D eigenvalue weighted by molar-refractivity contribution is 5.85. The van der Waals surface area contributed by atoms with E-state index in [2.05, 4.69) is 11.8 Å². The molecule has 1 aliphatic heterocycles. The van der Waals surface area contributed by atoms with Crippen molar-refractivity contribution >= 4 is 12.4 Å². The maximum Gasteiger partial charge on any atom is 0.0431 e. The number of hydrogen-bond donors (Lipinski definition) is 1. The molecule has 0 aromatic carbocycles. The molecule has 19 heavy (non-hydrogen) atoms. The largest absolute Gasteiger partial charge is 0.396 e. The van der Waals surface area contributed by atoms with Gasteiger partial charge in [0.05, 0.1) is 0 Å². The van der Waals surface area contributed by atoms with Crippen LogP contribution in [0.4, 0.5) is 0 Å². The summed E-state index contributed by atoms with van der Waals surface area (Å²) in [5, 5.41) is 8.72. The van der Waals surface area contributed by atoms with Crippen LogP contribution in [0.3, 0.4) is 0 Å². The van der Waals surface area contributed by atoms with Crippen molar-refractivity contribution in [2.24, 2.45) is 5.92 Å². The molecule has 1 fully saturated rings. The van der Waals surface area contributed by atoms with Crippen LogP contribution >= 0.6 is 12.4 Å². The van der Waals surface area contributed by atoms with E-state index in [0.717, 1.165) is 12.3 Å². The van der Waals surface area contributed by atoms with Crippen LogP contribution in [-0.2, 0) is 0 Å². The van der Waals surface area contributed by atoms with Gasteiger partial charge in [0.25, 0.3) is 0 Å². The van der Waals surface area contributed by atoms with Crippen LogP contribution in [0.1, 0.15) is 71.1 Å². The third kappa shape index (κ3) is 9.70. The zero-order valence-corrected chi connectivity index (χ0v) is 13.6. The van der Waals surface area contributed by atoms with E-state index in [1.807, 2.05) is 0 Å². The normalized spacial score (nSPS) is 17.4. The lowest BCUT2D eigenvalue weighted by molar-refractivity contribution is 0.174. The van der Waals surface area contributed by atoms with Crippen LogP contribution in [0.2, 0.25) is 0 Å². The van der Waals surface area contributed by atoms with E-state index >= 15 is 0 Å². The second-order valence-electron chi connectivity index (χ2n) is 5.92. The Kier molecular flexibility index (Phi) is 13.4. The van der Waals surface area contributed by atoms with Crippen LogP contribution in [0.15, 0.2) is 0 Å². The molecule has 1 N–H and O–H groups in total. The Hall–Kier alpha value is 0.210. The van der Waals surface area contributed by atoms with Gasteiger partial charge in [-0.15, -0.1) is 12.4 Å². The molecular weight excluding hydrogens is 258 g/mol. The number of aliphatic hydroxyl groups excluding tert-OH is 1. The van der Waals surface area contributed by atoms with E-state index in [-0.39, 0.29) is 12.4 Å². The van der Waals surface area contributed by atoms with Gasteiger partial charge in [-0.1, -0.05) is 45.4 Å². The zero-order valence-electron chi connectivity index (χ0n) is 12.8. The Morgan fingerprint density at radius 1 is 0.947 bits per heavy atom. The van der Waals surface area contributed by atoms with E-state index in [1.165, 1.54) is 77.4 Å². The van der Waals surface area contributed by atoms with E-state index in [0.29, 0.717) is 6.61 Å². The monoisotopic (exact) mass is 291 g/mol. The highest BCUT2D eigenvalue weighted by Gasteiger charge is 2.17. The number of halogens is 1. The summed E-state index contributed by atoms with van der Waals surface area (Å²) in [5.41, 5.74) is 0. The van der Waals surface area contributed by atoms with Crippen LogP contribution in [0, 0.1) is 5.92 Å². The van der Waals surface area contributed by atoms with Gasteiger partial charge in [0, 0.05) is 6.61 Å². The minimum atomic E-state index is 0. The molecule has 1 saturated heterocycles. The summed E-state index contributed by atoms with van der Waals surface area (Å²) >= 11 is 0. The number of unbranched alkanes of at least 4 members (excludes halogenated alkanes) is 5. The summed E-state index contributed by atoms with van der Waals surface area (Å²) in [6.45, 7) is 6.60. The van der Waals surface area contributed by atoms with E-state index in [9.17, 15) is 0 Å². The quantitative estimate of drug-likeness (QED) is 0.608. The first-order valence-corrected chi connectivity index (χ1v) is 8.20. The second kappa shape index (κ2) is 13.2. The molecule has 116 valence electrons. The minimum Gasteiger partial charge on any atom is -0.396 e. The van der Waals surface area contributed by atoms with Crippen LogP contribution in [0.25, 0.3) is 0 Å².